The quantitative estimate of drug-likeness (QED) is 0.571. The van der Waals surface area contributed by atoms with Crippen molar-refractivity contribution in [1.82, 2.24) is 10.6 Å². The van der Waals surface area contributed by atoms with E-state index in [4.69, 9.17) is 17.3 Å². The first kappa shape index (κ1) is 19.4. The van der Waals surface area contributed by atoms with Crippen LogP contribution >= 0.6 is 30.9 Å². The fourth-order valence-electron chi connectivity index (χ4n) is 3.18. The summed E-state index contributed by atoms with van der Waals surface area (Å²) in [6.45, 7) is 4.22. The van der Waals surface area contributed by atoms with Gasteiger partial charge in [0.15, 0.2) is 0 Å². The van der Waals surface area contributed by atoms with Crippen molar-refractivity contribution >= 4 is 53.2 Å². The first-order chi connectivity index (χ1) is 12.3. The van der Waals surface area contributed by atoms with E-state index in [2.05, 4.69) is 29.5 Å². The summed E-state index contributed by atoms with van der Waals surface area (Å²) >= 11 is 7.33. The molecule has 2 aliphatic rings. The highest BCUT2D eigenvalue weighted by atomic mass is 35.5. The van der Waals surface area contributed by atoms with Gasteiger partial charge < -0.3 is 21.7 Å². The molecule has 3 atom stereocenters. The Bertz CT molecular complexity index is 809. The standard InChI is InChI=1S/C17H22ClN4O2PS/c1-9-3-8-12(20-9)16-25(2)13(14(19)23)15(26-16)22-17(24)21-11-6-4-10(18)5-7-11/h4-7,9,12,20,25H,3,8H2,1-2H3,(H2,19,23)(H2,21,22,24). The molecule has 1 saturated heterocycles. The molecule has 5 N–H and O–H groups in total. The highest BCUT2D eigenvalue weighted by molar-refractivity contribution is 8.24. The fourth-order valence-corrected chi connectivity index (χ4v) is 7.81. The minimum absolute atomic E-state index is 0.266. The zero-order valence-corrected chi connectivity index (χ0v) is 17.1. The summed E-state index contributed by atoms with van der Waals surface area (Å²) in [7, 11) is -1.25. The Morgan fingerprint density at radius 3 is 2.54 bits per heavy atom. The van der Waals surface area contributed by atoms with Crippen LogP contribution in [0.2, 0.25) is 5.02 Å². The lowest BCUT2D eigenvalue weighted by Gasteiger charge is -2.15. The Balaban J connectivity index is 1.73. The highest BCUT2D eigenvalue weighted by Crippen LogP contribution is 2.49. The molecule has 3 unspecified atom stereocenters. The summed E-state index contributed by atoms with van der Waals surface area (Å²) in [6, 6.07) is 7.14. The highest BCUT2D eigenvalue weighted by Gasteiger charge is 2.33. The second-order valence-corrected chi connectivity index (χ2v) is 10.6. The van der Waals surface area contributed by atoms with E-state index in [1.807, 2.05) is 0 Å². The number of anilines is 1. The number of nitrogens with one attached hydrogen (secondary N) is 3. The lowest BCUT2D eigenvalue weighted by atomic mass is 10.2. The van der Waals surface area contributed by atoms with E-state index >= 15 is 0 Å². The van der Waals surface area contributed by atoms with E-state index in [9.17, 15) is 9.59 Å². The summed E-state index contributed by atoms with van der Waals surface area (Å²) in [5, 5.41) is 10.8. The van der Waals surface area contributed by atoms with Gasteiger partial charge in [0, 0.05) is 27.4 Å². The third-order valence-corrected chi connectivity index (χ3v) is 9.46. The van der Waals surface area contributed by atoms with Crippen LogP contribution in [0.25, 0.3) is 0 Å². The second kappa shape index (κ2) is 8.09. The number of benzene rings is 1. The first-order valence-electron chi connectivity index (χ1n) is 8.38. The summed E-state index contributed by atoms with van der Waals surface area (Å²) in [5.74, 6) is -0.461. The van der Waals surface area contributed by atoms with E-state index in [0.717, 1.165) is 12.8 Å². The lowest BCUT2D eigenvalue weighted by molar-refractivity contribution is -0.113. The fraction of sp³-hybridized carbons (Fsp3) is 0.353. The van der Waals surface area contributed by atoms with Crippen LogP contribution in [0.4, 0.5) is 10.5 Å². The molecule has 26 heavy (non-hydrogen) atoms. The minimum atomic E-state index is -1.25. The van der Waals surface area contributed by atoms with Crippen LogP contribution in [0.15, 0.2) is 34.6 Å². The van der Waals surface area contributed by atoms with E-state index in [0.29, 0.717) is 27.1 Å². The van der Waals surface area contributed by atoms with Gasteiger partial charge in [-0.3, -0.25) is 4.79 Å². The Labute approximate surface area is 162 Å². The Morgan fingerprint density at radius 1 is 1.27 bits per heavy atom. The molecule has 1 aromatic carbocycles. The molecular weight excluding hydrogens is 391 g/mol. The van der Waals surface area contributed by atoms with Gasteiger partial charge in [0.25, 0.3) is 5.91 Å². The topological polar surface area (TPSA) is 96.2 Å². The van der Waals surface area contributed by atoms with Crippen LogP contribution in [0.1, 0.15) is 19.8 Å². The monoisotopic (exact) mass is 412 g/mol. The number of halogens is 1. The molecule has 3 amide bonds. The number of rotatable bonds is 4. The predicted octanol–water partition coefficient (Wildman–Crippen LogP) is 2.98. The third-order valence-electron chi connectivity index (χ3n) is 4.45. The Morgan fingerprint density at radius 2 is 1.96 bits per heavy atom. The SMILES string of the molecule is CC1CCC(C2=[PH](C)C(C(N)=O)=C(NC(=O)Nc3ccc(Cl)cc3)S2)N1. The molecule has 0 spiro atoms. The maximum absolute atomic E-state index is 12.3. The zero-order valence-electron chi connectivity index (χ0n) is 14.6. The van der Waals surface area contributed by atoms with Crippen molar-refractivity contribution in [2.45, 2.75) is 31.8 Å². The molecule has 0 aliphatic carbocycles. The van der Waals surface area contributed by atoms with Crippen LogP contribution in [-0.4, -0.2) is 35.3 Å². The number of carbonyl (C=O) groups excluding carboxylic acids is 2. The van der Waals surface area contributed by atoms with E-state index in [1.165, 1.54) is 16.4 Å². The molecule has 2 aliphatic heterocycles. The number of primary amides is 1. The lowest BCUT2D eigenvalue weighted by Crippen LogP contribution is -2.32. The normalized spacial score (nSPS) is 25.5. The van der Waals surface area contributed by atoms with Crippen LogP contribution < -0.4 is 21.7 Å². The van der Waals surface area contributed by atoms with E-state index in [-0.39, 0.29) is 6.04 Å². The van der Waals surface area contributed by atoms with Gasteiger partial charge in [-0.15, -0.1) is 0 Å². The molecule has 9 heteroatoms. The van der Waals surface area contributed by atoms with Gasteiger partial charge in [-0.1, -0.05) is 30.9 Å². The summed E-state index contributed by atoms with van der Waals surface area (Å²) in [5.41, 5.74) is 6.23. The maximum atomic E-state index is 12.3. The molecule has 0 bridgehead atoms. The molecule has 0 radical (unpaired) electrons. The number of amides is 3. The van der Waals surface area contributed by atoms with Gasteiger partial charge in [0.2, 0.25) is 0 Å². The molecule has 3 rings (SSSR count). The van der Waals surface area contributed by atoms with Gasteiger partial charge in [-0.05, 0) is 50.7 Å². The number of nitrogens with two attached hydrogens (primary N) is 1. The second-order valence-electron chi connectivity index (χ2n) is 6.44. The number of thioether (sulfide) groups is 1. The molecule has 0 aromatic heterocycles. The van der Waals surface area contributed by atoms with Crippen LogP contribution in [0, 0.1) is 0 Å². The predicted molar refractivity (Wildman–Crippen MR) is 112 cm³/mol. The van der Waals surface area contributed by atoms with Crippen molar-refractivity contribution in [3.63, 3.8) is 0 Å². The molecule has 0 saturated carbocycles. The van der Waals surface area contributed by atoms with Gasteiger partial charge in [-0.25, -0.2) is 4.79 Å². The average Bonchev–Trinajstić information content (AvgIpc) is 3.13. The minimum Gasteiger partial charge on any atom is -0.365 e. The number of urea groups is 1. The van der Waals surface area contributed by atoms with Crippen molar-refractivity contribution in [3.8, 4) is 0 Å². The molecule has 6 nitrogen and oxygen atoms in total. The average molecular weight is 413 g/mol. The van der Waals surface area contributed by atoms with Crippen molar-refractivity contribution in [2.24, 2.45) is 5.73 Å². The molecule has 1 aromatic rings. The van der Waals surface area contributed by atoms with E-state index in [1.54, 1.807) is 24.3 Å². The van der Waals surface area contributed by atoms with Gasteiger partial charge in [0.05, 0.1) is 10.3 Å². The number of carbonyl (C=O) groups is 2. The van der Waals surface area contributed by atoms with E-state index < -0.39 is 19.5 Å². The molecule has 2 heterocycles. The largest absolute Gasteiger partial charge is 0.365 e. The van der Waals surface area contributed by atoms with Crippen LogP contribution in [0.3, 0.4) is 0 Å². The summed E-state index contributed by atoms with van der Waals surface area (Å²) in [6.07, 6.45) is 2.15. The first-order valence-corrected chi connectivity index (χ1v) is 11.6. The molecule has 1 fully saturated rings. The molecular formula is C17H22ClN4O2PS. The number of hydrogen-bond donors (Lipinski definition) is 4. The number of hydrogen-bond acceptors (Lipinski definition) is 4. The van der Waals surface area contributed by atoms with Crippen molar-refractivity contribution in [1.29, 1.82) is 0 Å². The molecule has 140 valence electrons. The summed E-state index contributed by atoms with van der Waals surface area (Å²) < 4.78 is 1.23. The van der Waals surface area contributed by atoms with Crippen molar-refractivity contribution < 1.29 is 9.59 Å². The van der Waals surface area contributed by atoms with Crippen molar-refractivity contribution in [2.75, 3.05) is 12.0 Å². The Hall–Kier alpha value is -1.40. The van der Waals surface area contributed by atoms with Crippen molar-refractivity contribution in [3.05, 3.63) is 39.6 Å². The third kappa shape index (κ3) is 4.29. The van der Waals surface area contributed by atoms with Gasteiger partial charge in [0.1, 0.15) is 0 Å². The summed E-state index contributed by atoms with van der Waals surface area (Å²) in [4.78, 5) is 24.3. The van der Waals surface area contributed by atoms with Gasteiger partial charge >= 0.3 is 6.03 Å². The maximum Gasteiger partial charge on any atom is 0.324 e. The van der Waals surface area contributed by atoms with Crippen LogP contribution in [-0.2, 0) is 4.79 Å². The Kier molecular flexibility index (Phi) is 6.03. The van der Waals surface area contributed by atoms with Gasteiger partial charge in [-0.2, -0.15) is 0 Å². The van der Waals surface area contributed by atoms with Crippen LogP contribution in [0.5, 0.6) is 0 Å². The smallest absolute Gasteiger partial charge is 0.324 e. The zero-order chi connectivity index (χ0) is 18.8.